The molecule has 10 aromatic rings. The highest BCUT2D eigenvalue weighted by atomic mass is 28.3. The minimum atomic E-state index is -2.98. The summed E-state index contributed by atoms with van der Waals surface area (Å²) in [5.74, 6) is 0. The fraction of sp³-hybridized carbons (Fsp3) is 0. The van der Waals surface area contributed by atoms with E-state index in [9.17, 15) is 0 Å². The minimum Gasteiger partial charge on any atom is -0.456 e. The molecule has 0 amide bonds. The van der Waals surface area contributed by atoms with Gasteiger partial charge in [0.25, 0.3) is 0 Å². The third-order valence-electron chi connectivity index (χ3n) is 13.2. The van der Waals surface area contributed by atoms with Crippen LogP contribution in [0.1, 0.15) is 0 Å². The van der Waals surface area contributed by atoms with Crippen molar-refractivity contribution in [1.29, 1.82) is 0 Å². The van der Waals surface area contributed by atoms with Crippen LogP contribution in [0, 0.1) is 0 Å². The van der Waals surface area contributed by atoms with Crippen LogP contribution in [0.25, 0.3) is 21.9 Å². The number of rotatable bonds is 9. The molecule has 0 spiro atoms. The first-order chi connectivity index (χ1) is 31.7. The van der Waals surface area contributed by atoms with E-state index in [2.05, 4.69) is 270 Å². The lowest BCUT2D eigenvalue weighted by Gasteiger charge is -2.37. The summed E-state index contributed by atoms with van der Waals surface area (Å²) >= 11 is 0. The maximum atomic E-state index is 6.61. The molecule has 12 rings (SSSR count). The van der Waals surface area contributed by atoms with Crippen LogP contribution in [-0.4, -0.2) is 21.3 Å². The molecule has 2 aliphatic rings. The lowest BCUT2D eigenvalue weighted by molar-refractivity contribution is 0.408. The normalized spacial score (nSPS) is 13.4. The molecule has 0 unspecified atom stereocenters. The van der Waals surface area contributed by atoms with Crippen molar-refractivity contribution in [3.63, 3.8) is 0 Å². The zero-order valence-electron chi connectivity index (χ0n) is 35.1. The number of nitrogens with zero attached hydrogens (tertiary/aromatic N) is 3. The Morgan fingerprint density at radius 3 is 1.36 bits per heavy atom. The maximum absolute atomic E-state index is 6.61. The Morgan fingerprint density at radius 1 is 0.312 bits per heavy atom. The van der Waals surface area contributed by atoms with Crippen LogP contribution in [0.15, 0.2) is 266 Å². The summed E-state index contributed by atoms with van der Waals surface area (Å²) in [6, 6.07) is 87.6. The molecule has 304 valence electrons. The van der Waals surface area contributed by atoms with E-state index >= 15 is 0 Å². The molecule has 0 atom stereocenters. The lowest BCUT2D eigenvalue weighted by atomic mass is 10.1. The van der Waals surface area contributed by atoms with Crippen LogP contribution in [0.2, 0.25) is 0 Å². The van der Waals surface area contributed by atoms with E-state index in [4.69, 9.17) is 4.42 Å². The molecule has 0 saturated carbocycles. The molecule has 64 heavy (non-hydrogen) atoms. The van der Waals surface area contributed by atoms with Crippen molar-refractivity contribution in [2.45, 2.75) is 0 Å². The number of allylic oxidation sites excluding steroid dienone is 2. The summed E-state index contributed by atoms with van der Waals surface area (Å²) < 4.78 is 6.61. The molecule has 6 heteroatoms. The standard InChI is InChI=1S/C58H43N3OSi2/c1-6-22-45(23-7-1)63(46-24-8-2-9-25-46,47-26-10-3-11-27-47)51-36-38-55-56(42-51)59-39-18-19-40-60(59)61(55)44-21-20-32-50(41-44)64(48-28-12-4-13-29-48,49-30-14-5-15-31-49)52-35-37-54-53-33-16-17-34-57(53)62-58(54)43-52/h1-43H. The van der Waals surface area contributed by atoms with E-state index in [-0.39, 0.29) is 0 Å². The third-order valence-corrected chi connectivity index (χ3v) is 22.8. The summed E-state index contributed by atoms with van der Waals surface area (Å²) in [6.45, 7) is 0. The van der Waals surface area contributed by atoms with Gasteiger partial charge in [0.1, 0.15) is 11.2 Å². The highest BCUT2D eigenvalue weighted by molar-refractivity contribution is 7.20. The molecule has 0 bridgehead atoms. The van der Waals surface area contributed by atoms with Crippen LogP contribution in [-0.2, 0) is 0 Å². The first-order valence-electron chi connectivity index (χ1n) is 21.9. The van der Waals surface area contributed by atoms with Gasteiger partial charge < -0.3 is 4.42 Å². The molecule has 0 saturated heterocycles. The summed E-state index contributed by atoms with van der Waals surface area (Å²) in [6.07, 6.45) is 8.59. The van der Waals surface area contributed by atoms with E-state index in [0.29, 0.717) is 0 Å². The smallest absolute Gasteiger partial charge is 0.179 e. The Kier molecular flexibility index (Phi) is 9.14. The first kappa shape index (κ1) is 37.8. The molecule has 0 N–H and O–H groups in total. The van der Waals surface area contributed by atoms with Crippen LogP contribution in [0.3, 0.4) is 0 Å². The molecule has 1 aromatic heterocycles. The van der Waals surface area contributed by atoms with E-state index < -0.39 is 16.1 Å². The molecule has 0 fully saturated rings. The molecule has 0 radical (unpaired) electrons. The van der Waals surface area contributed by atoms with Gasteiger partial charge in [-0.1, -0.05) is 200 Å². The molecular weight excluding hydrogens is 811 g/mol. The van der Waals surface area contributed by atoms with Gasteiger partial charge in [-0.15, -0.1) is 0 Å². The monoisotopic (exact) mass is 853 g/mol. The maximum Gasteiger partial charge on any atom is 0.179 e. The Hall–Kier alpha value is -7.91. The Balaban J connectivity index is 1.07. The number of benzene rings is 9. The van der Waals surface area contributed by atoms with Gasteiger partial charge in [-0.2, -0.15) is 5.12 Å². The number of para-hydroxylation sites is 1. The second kappa shape index (κ2) is 15.5. The highest BCUT2D eigenvalue weighted by Crippen LogP contribution is 2.44. The molecular formula is C58H43N3OSi2. The molecule has 0 aliphatic carbocycles. The average molecular weight is 854 g/mol. The number of hydrazine groups is 2. The fourth-order valence-electron chi connectivity index (χ4n) is 10.5. The van der Waals surface area contributed by atoms with Crippen LogP contribution in [0.5, 0.6) is 0 Å². The number of furan rings is 1. The predicted molar refractivity (Wildman–Crippen MR) is 272 cm³/mol. The summed E-state index contributed by atoms with van der Waals surface area (Å²) in [5, 5.41) is 19.7. The number of hydrogen-bond donors (Lipinski definition) is 0. The van der Waals surface area contributed by atoms with Crippen LogP contribution < -0.4 is 51.5 Å². The highest BCUT2D eigenvalue weighted by Gasteiger charge is 2.45. The van der Waals surface area contributed by atoms with Gasteiger partial charge in [0.2, 0.25) is 0 Å². The van der Waals surface area contributed by atoms with Gasteiger partial charge in [-0.25, -0.2) is 10.0 Å². The summed E-state index contributed by atoms with van der Waals surface area (Å²) in [7, 11) is -5.76. The lowest BCUT2D eigenvalue weighted by Crippen LogP contribution is -2.74. The van der Waals surface area contributed by atoms with Crippen molar-refractivity contribution >= 4 is 96.6 Å². The summed E-state index contributed by atoms with van der Waals surface area (Å²) in [4.78, 5) is 0. The number of fused-ring (bicyclic) bond motifs is 6. The van der Waals surface area contributed by atoms with Gasteiger partial charge in [0.05, 0.1) is 17.1 Å². The van der Waals surface area contributed by atoms with Crippen molar-refractivity contribution in [3.8, 4) is 0 Å². The van der Waals surface area contributed by atoms with E-state index in [1.807, 2.05) is 6.07 Å². The number of anilines is 3. The van der Waals surface area contributed by atoms with Crippen LogP contribution >= 0.6 is 0 Å². The second-order valence-electron chi connectivity index (χ2n) is 16.6. The Morgan fingerprint density at radius 2 is 0.766 bits per heavy atom. The van der Waals surface area contributed by atoms with Crippen molar-refractivity contribution in [3.05, 3.63) is 261 Å². The fourth-order valence-corrected chi connectivity index (χ4v) is 20.0. The zero-order chi connectivity index (χ0) is 42.5. The van der Waals surface area contributed by atoms with E-state index in [0.717, 1.165) is 39.0 Å². The van der Waals surface area contributed by atoms with E-state index in [1.165, 1.54) is 41.5 Å². The average Bonchev–Trinajstić information content (AvgIpc) is 3.92. The van der Waals surface area contributed by atoms with Gasteiger partial charge in [0.15, 0.2) is 16.1 Å². The van der Waals surface area contributed by atoms with Crippen molar-refractivity contribution in [1.82, 2.24) is 5.12 Å². The first-order valence-corrected chi connectivity index (χ1v) is 25.9. The quantitative estimate of drug-likeness (QED) is 0.108. The minimum absolute atomic E-state index is 0.906. The van der Waals surface area contributed by atoms with Crippen LogP contribution in [0.4, 0.5) is 17.1 Å². The van der Waals surface area contributed by atoms with Crippen molar-refractivity contribution < 1.29 is 4.42 Å². The topological polar surface area (TPSA) is 22.9 Å². The second-order valence-corrected chi connectivity index (χ2v) is 24.2. The van der Waals surface area contributed by atoms with Gasteiger partial charge in [0, 0.05) is 23.2 Å². The van der Waals surface area contributed by atoms with Gasteiger partial charge in [-0.3, -0.25) is 0 Å². The molecule has 3 heterocycles. The van der Waals surface area contributed by atoms with Gasteiger partial charge in [-0.05, 0) is 90.0 Å². The third kappa shape index (κ3) is 5.80. The van der Waals surface area contributed by atoms with Crippen molar-refractivity contribution in [2.75, 3.05) is 10.0 Å². The van der Waals surface area contributed by atoms with Crippen molar-refractivity contribution in [2.24, 2.45) is 0 Å². The Labute approximate surface area is 375 Å². The zero-order valence-corrected chi connectivity index (χ0v) is 37.1. The Bertz CT molecular complexity index is 3220. The predicted octanol–water partition coefficient (Wildman–Crippen LogP) is 8.47. The number of hydrogen-bond acceptors (Lipinski definition) is 4. The molecule has 4 nitrogen and oxygen atoms in total. The van der Waals surface area contributed by atoms with Gasteiger partial charge >= 0.3 is 0 Å². The summed E-state index contributed by atoms with van der Waals surface area (Å²) in [5.41, 5.74) is 5.14. The molecule has 2 aliphatic heterocycles. The largest absolute Gasteiger partial charge is 0.456 e. The SMILES string of the molecule is C1=CN2c3cc([Si](c4ccccc4)(c4ccccc4)c4ccccc4)ccc3N(c3cccc([Si](c4ccccc4)(c4ccccc4)c4ccc5c(c4)oc4ccccc45)c3)N2C=C1. The van der Waals surface area contributed by atoms with E-state index in [1.54, 1.807) is 0 Å². The molecule has 9 aromatic carbocycles.